The molecule has 0 aliphatic carbocycles. The molecule has 0 fully saturated rings. The maximum absolute atomic E-state index is 13.6. The molecular formula is C46H92N6O5. The Bertz CT molecular complexity index is 1010. The summed E-state index contributed by atoms with van der Waals surface area (Å²) in [5.41, 5.74) is 10.9. The maximum atomic E-state index is 13.6. The summed E-state index contributed by atoms with van der Waals surface area (Å²) >= 11 is 0. The number of unbranched alkanes of at least 4 members (excludes halogenated alkanes) is 22. The van der Waals surface area contributed by atoms with Gasteiger partial charge < -0.3 is 36.5 Å². The van der Waals surface area contributed by atoms with Gasteiger partial charge in [-0.3, -0.25) is 19.4 Å². The van der Waals surface area contributed by atoms with Crippen molar-refractivity contribution in [2.75, 3.05) is 32.7 Å². The molecule has 0 aromatic carbocycles. The van der Waals surface area contributed by atoms with E-state index in [0.29, 0.717) is 12.5 Å². The van der Waals surface area contributed by atoms with Crippen LogP contribution in [0.5, 0.6) is 0 Å². The molecule has 11 nitrogen and oxygen atoms in total. The highest BCUT2D eigenvalue weighted by Crippen LogP contribution is 2.15. The zero-order valence-corrected chi connectivity index (χ0v) is 38.5. The molecule has 0 spiro atoms. The Balaban J connectivity index is 5.18. The lowest BCUT2D eigenvalue weighted by atomic mass is 10.0. The SMILES string of the molecule is CCCCCCCCCCCCCCN(CCCCCCCCCCCCCC)C(=O)CCNC(=NCC(N)C(=O)OC(C)(C)C)NCC(N)C(=O)OC(C)(C)C. The van der Waals surface area contributed by atoms with Gasteiger partial charge in [0.25, 0.3) is 0 Å². The predicted molar refractivity (Wildman–Crippen MR) is 239 cm³/mol. The van der Waals surface area contributed by atoms with Crippen LogP contribution >= 0.6 is 0 Å². The minimum Gasteiger partial charge on any atom is -0.459 e. The Hall–Kier alpha value is -2.40. The van der Waals surface area contributed by atoms with E-state index in [9.17, 15) is 14.4 Å². The molecule has 336 valence electrons. The molecule has 0 aromatic heterocycles. The standard InChI is InChI=1S/C46H92N6O5/c1-9-11-13-15-17-19-21-23-25-27-29-31-35-52(36-32-30-28-26-24-22-20-18-16-14-12-10-2)41(53)33-34-49-44(50-37-39(47)42(54)56-45(3,4)5)51-38-40(48)43(55)57-46(6,7)8/h39-40H,9-38,47-48H2,1-8H3,(H2,49,50,51). The quantitative estimate of drug-likeness (QED) is 0.0212. The van der Waals surface area contributed by atoms with Gasteiger partial charge in [-0.1, -0.05) is 155 Å². The molecule has 0 aliphatic heterocycles. The van der Waals surface area contributed by atoms with Crippen molar-refractivity contribution in [3.8, 4) is 0 Å². The topological polar surface area (TPSA) is 161 Å². The first-order chi connectivity index (χ1) is 27.1. The van der Waals surface area contributed by atoms with E-state index >= 15 is 0 Å². The second kappa shape index (κ2) is 34.5. The number of aliphatic imine (C=N–C) groups is 1. The summed E-state index contributed by atoms with van der Waals surface area (Å²) in [5, 5.41) is 6.26. The summed E-state index contributed by atoms with van der Waals surface area (Å²) in [4.78, 5) is 45.2. The van der Waals surface area contributed by atoms with E-state index in [2.05, 4.69) is 34.4 Å². The Labute approximate surface area is 350 Å². The van der Waals surface area contributed by atoms with Crippen LogP contribution < -0.4 is 22.1 Å². The van der Waals surface area contributed by atoms with Crippen LogP contribution in [-0.4, -0.2) is 84.7 Å². The molecule has 0 aromatic rings. The highest BCUT2D eigenvalue weighted by Gasteiger charge is 2.24. The van der Waals surface area contributed by atoms with E-state index < -0.39 is 35.2 Å². The van der Waals surface area contributed by atoms with E-state index in [1.54, 1.807) is 41.5 Å². The third-order valence-corrected chi connectivity index (χ3v) is 9.90. The van der Waals surface area contributed by atoms with Crippen molar-refractivity contribution >= 4 is 23.8 Å². The van der Waals surface area contributed by atoms with Gasteiger partial charge in [0.2, 0.25) is 5.91 Å². The van der Waals surface area contributed by atoms with Crippen LogP contribution in [0.25, 0.3) is 0 Å². The molecule has 0 rings (SSSR count). The average molecular weight is 809 g/mol. The second-order valence-electron chi connectivity index (χ2n) is 18.2. The Morgan fingerprint density at radius 1 is 0.544 bits per heavy atom. The van der Waals surface area contributed by atoms with E-state index in [1.165, 1.54) is 128 Å². The molecule has 2 atom stereocenters. The van der Waals surface area contributed by atoms with Crippen LogP contribution in [0, 0.1) is 0 Å². The van der Waals surface area contributed by atoms with Gasteiger partial charge in [0, 0.05) is 32.6 Å². The number of rotatable bonds is 35. The minimum absolute atomic E-state index is 0.0421. The number of guanidine groups is 1. The Morgan fingerprint density at radius 2 is 0.895 bits per heavy atom. The molecule has 11 heteroatoms. The van der Waals surface area contributed by atoms with Crippen molar-refractivity contribution < 1.29 is 23.9 Å². The third kappa shape index (κ3) is 35.3. The molecule has 0 saturated heterocycles. The molecule has 0 aliphatic rings. The number of esters is 2. The maximum Gasteiger partial charge on any atom is 0.325 e. The summed E-state index contributed by atoms with van der Waals surface area (Å²) in [6.07, 6.45) is 31.2. The van der Waals surface area contributed by atoms with Crippen molar-refractivity contribution in [3.63, 3.8) is 0 Å². The lowest BCUT2D eigenvalue weighted by Gasteiger charge is -2.24. The Kier molecular flexibility index (Phi) is 33.0. The summed E-state index contributed by atoms with van der Waals surface area (Å²) < 4.78 is 10.8. The highest BCUT2D eigenvalue weighted by molar-refractivity contribution is 5.83. The van der Waals surface area contributed by atoms with Gasteiger partial charge in [0.15, 0.2) is 5.96 Å². The fourth-order valence-electron chi connectivity index (χ4n) is 6.58. The van der Waals surface area contributed by atoms with Gasteiger partial charge in [0.1, 0.15) is 23.3 Å². The number of amides is 1. The van der Waals surface area contributed by atoms with Gasteiger partial charge in [-0.05, 0) is 54.4 Å². The van der Waals surface area contributed by atoms with Crippen molar-refractivity contribution in [1.82, 2.24) is 15.5 Å². The van der Waals surface area contributed by atoms with E-state index in [1.807, 2.05) is 0 Å². The van der Waals surface area contributed by atoms with Gasteiger partial charge in [-0.15, -0.1) is 0 Å². The smallest absolute Gasteiger partial charge is 0.325 e. The predicted octanol–water partition coefficient (Wildman–Crippen LogP) is 9.48. The lowest BCUT2D eigenvalue weighted by molar-refractivity contribution is -0.157. The van der Waals surface area contributed by atoms with Gasteiger partial charge in [-0.25, -0.2) is 0 Å². The van der Waals surface area contributed by atoms with Crippen LogP contribution in [0.3, 0.4) is 0 Å². The van der Waals surface area contributed by atoms with Gasteiger partial charge >= 0.3 is 11.9 Å². The van der Waals surface area contributed by atoms with Gasteiger partial charge in [0.05, 0.1) is 6.54 Å². The number of ether oxygens (including phenoxy) is 2. The van der Waals surface area contributed by atoms with E-state index in [4.69, 9.17) is 20.9 Å². The molecule has 0 heterocycles. The normalized spacial score (nSPS) is 13.3. The molecule has 6 N–H and O–H groups in total. The van der Waals surface area contributed by atoms with Crippen LogP contribution in [0.1, 0.15) is 216 Å². The first-order valence-electron chi connectivity index (χ1n) is 23.4. The number of hydrogen-bond donors (Lipinski definition) is 4. The number of nitrogens with one attached hydrogen (secondary N) is 2. The van der Waals surface area contributed by atoms with Crippen molar-refractivity contribution in [2.45, 2.75) is 239 Å². The molecule has 2 unspecified atom stereocenters. The summed E-state index contributed by atoms with van der Waals surface area (Å²) in [6, 6.07) is -1.93. The van der Waals surface area contributed by atoms with Crippen molar-refractivity contribution in [2.24, 2.45) is 16.5 Å². The first kappa shape index (κ1) is 54.6. The lowest BCUT2D eigenvalue weighted by Crippen LogP contribution is -2.49. The van der Waals surface area contributed by atoms with Gasteiger partial charge in [-0.2, -0.15) is 0 Å². The minimum atomic E-state index is -0.981. The molecular weight excluding hydrogens is 717 g/mol. The fraction of sp³-hybridized carbons (Fsp3) is 0.913. The van der Waals surface area contributed by atoms with Crippen LogP contribution in [0.2, 0.25) is 0 Å². The largest absolute Gasteiger partial charge is 0.459 e. The van der Waals surface area contributed by atoms with Crippen molar-refractivity contribution in [3.05, 3.63) is 0 Å². The average Bonchev–Trinajstić information content (AvgIpc) is 3.13. The molecule has 0 saturated carbocycles. The molecule has 0 radical (unpaired) electrons. The zero-order chi connectivity index (χ0) is 42.8. The number of carbonyl (C=O) groups excluding carboxylic acids is 3. The fourth-order valence-corrected chi connectivity index (χ4v) is 6.58. The van der Waals surface area contributed by atoms with Crippen LogP contribution in [0.15, 0.2) is 4.99 Å². The summed E-state index contributed by atoms with van der Waals surface area (Å²) in [5.74, 6) is -0.683. The van der Waals surface area contributed by atoms with Crippen LogP contribution in [-0.2, 0) is 23.9 Å². The number of carbonyl (C=O) groups is 3. The van der Waals surface area contributed by atoms with Crippen molar-refractivity contribution in [1.29, 1.82) is 0 Å². The highest BCUT2D eigenvalue weighted by atomic mass is 16.6. The second-order valence-corrected chi connectivity index (χ2v) is 18.2. The monoisotopic (exact) mass is 809 g/mol. The molecule has 57 heavy (non-hydrogen) atoms. The first-order valence-corrected chi connectivity index (χ1v) is 23.4. The molecule has 0 bridgehead atoms. The summed E-state index contributed by atoms with van der Waals surface area (Å²) in [7, 11) is 0. The number of nitrogens with two attached hydrogens (primary N) is 2. The van der Waals surface area contributed by atoms with E-state index in [-0.39, 0.29) is 25.4 Å². The summed E-state index contributed by atoms with van der Waals surface area (Å²) in [6.45, 7) is 17.1. The third-order valence-electron chi connectivity index (χ3n) is 9.90. The van der Waals surface area contributed by atoms with E-state index in [0.717, 1.165) is 38.8 Å². The van der Waals surface area contributed by atoms with Crippen LogP contribution in [0.4, 0.5) is 0 Å². The molecule has 1 amide bonds. The number of hydrogen-bond acceptors (Lipinski definition) is 8. The zero-order valence-electron chi connectivity index (χ0n) is 38.5. The number of nitrogens with zero attached hydrogens (tertiary/aromatic N) is 2. The Morgan fingerprint density at radius 3 is 1.26 bits per heavy atom.